The van der Waals surface area contributed by atoms with Gasteiger partial charge in [-0.15, -0.1) is 0 Å². The van der Waals surface area contributed by atoms with Crippen LogP contribution >= 0.6 is 0 Å². The van der Waals surface area contributed by atoms with E-state index in [2.05, 4.69) is 10.1 Å². The van der Waals surface area contributed by atoms with Gasteiger partial charge in [0.25, 0.3) is 0 Å². The normalized spacial score (nSPS) is 14.0. The summed E-state index contributed by atoms with van der Waals surface area (Å²) in [4.78, 5) is 23.5. The van der Waals surface area contributed by atoms with E-state index in [1.54, 1.807) is 39.0 Å². The summed E-state index contributed by atoms with van der Waals surface area (Å²) in [5.74, 6) is -0.819. The maximum atomic E-state index is 11.8. The minimum atomic E-state index is -1.87. The number of rotatable bonds is 3. The number of benzene rings is 1. The Kier molecular flexibility index (Phi) is 4.96. The van der Waals surface area contributed by atoms with Gasteiger partial charge >= 0.3 is 12.1 Å². The lowest BCUT2D eigenvalue weighted by molar-refractivity contribution is -0.161. The van der Waals surface area contributed by atoms with Crippen LogP contribution in [0.1, 0.15) is 33.3 Å². The minimum Gasteiger partial charge on any atom is -0.467 e. The molecule has 0 saturated heterocycles. The predicted molar refractivity (Wildman–Crippen MR) is 77.9 cm³/mol. The smallest absolute Gasteiger partial charge is 0.412 e. The molecule has 0 aromatic heterocycles. The van der Waals surface area contributed by atoms with Crippen molar-refractivity contribution in [3.05, 3.63) is 29.8 Å². The molecule has 2 N–H and O–H groups in total. The first-order valence-electron chi connectivity index (χ1n) is 6.48. The molecule has 1 rings (SSSR count). The monoisotopic (exact) mass is 295 g/mol. The summed E-state index contributed by atoms with van der Waals surface area (Å²) >= 11 is 0. The van der Waals surface area contributed by atoms with Crippen LogP contribution in [0.5, 0.6) is 0 Å². The number of hydrogen-bond acceptors (Lipinski definition) is 5. The van der Waals surface area contributed by atoms with Crippen LogP contribution in [-0.2, 0) is 19.9 Å². The summed E-state index contributed by atoms with van der Waals surface area (Å²) in [5, 5.41) is 12.8. The molecule has 0 fully saturated rings. The van der Waals surface area contributed by atoms with Crippen LogP contribution in [0.15, 0.2) is 24.3 Å². The first-order valence-corrected chi connectivity index (χ1v) is 6.48. The van der Waals surface area contributed by atoms with Gasteiger partial charge in [-0.3, -0.25) is 5.32 Å². The maximum Gasteiger partial charge on any atom is 0.412 e. The second kappa shape index (κ2) is 6.13. The van der Waals surface area contributed by atoms with Gasteiger partial charge in [0.05, 0.1) is 12.8 Å². The van der Waals surface area contributed by atoms with E-state index < -0.39 is 23.3 Å². The molecule has 0 saturated carbocycles. The van der Waals surface area contributed by atoms with E-state index in [9.17, 15) is 14.7 Å². The zero-order chi connectivity index (χ0) is 16.3. The minimum absolute atomic E-state index is 0.225. The molecule has 0 heterocycles. The van der Waals surface area contributed by atoms with E-state index in [0.717, 1.165) is 0 Å². The number of para-hydroxylation sites is 1. The van der Waals surface area contributed by atoms with Crippen LogP contribution in [0.2, 0.25) is 0 Å². The maximum absolute atomic E-state index is 11.8. The van der Waals surface area contributed by atoms with Crippen LogP contribution < -0.4 is 5.32 Å². The Labute approximate surface area is 124 Å². The van der Waals surface area contributed by atoms with Gasteiger partial charge < -0.3 is 14.6 Å². The number of carbonyl (C=O) groups excluding carboxylic acids is 2. The summed E-state index contributed by atoms with van der Waals surface area (Å²) < 4.78 is 9.73. The highest BCUT2D eigenvalue weighted by Gasteiger charge is 2.36. The zero-order valence-electron chi connectivity index (χ0n) is 12.9. The third-order valence-electron chi connectivity index (χ3n) is 2.67. The third kappa shape index (κ3) is 4.46. The highest BCUT2D eigenvalue weighted by molar-refractivity contribution is 5.89. The SMILES string of the molecule is COC(=O)C(C)(O)c1ccccc1NC(=O)OC(C)(C)C. The molecule has 0 radical (unpaired) electrons. The van der Waals surface area contributed by atoms with Crippen molar-refractivity contribution in [1.82, 2.24) is 0 Å². The molecule has 0 spiro atoms. The average molecular weight is 295 g/mol. The first-order chi connectivity index (χ1) is 9.58. The summed E-state index contributed by atoms with van der Waals surface area (Å²) in [5.41, 5.74) is -2.02. The van der Waals surface area contributed by atoms with Crippen molar-refractivity contribution >= 4 is 17.7 Å². The standard InChI is InChI=1S/C15H21NO5/c1-14(2,3)21-13(18)16-11-9-7-6-8-10(11)15(4,19)12(17)20-5/h6-9,19H,1-5H3,(H,16,18). The number of nitrogens with one attached hydrogen (secondary N) is 1. The Balaban J connectivity index is 3.06. The topological polar surface area (TPSA) is 84.9 Å². The van der Waals surface area contributed by atoms with Crippen LogP contribution in [-0.4, -0.2) is 29.9 Å². The Morgan fingerprint density at radius 1 is 1.14 bits per heavy atom. The number of ether oxygens (including phenoxy) is 2. The summed E-state index contributed by atoms with van der Waals surface area (Å²) in [6.45, 7) is 6.52. The Morgan fingerprint density at radius 3 is 2.24 bits per heavy atom. The molecular weight excluding hydrogens is 274 g/mol. The largest absolute Gasteiger partial charge is 0.467 e. The molecule has 1 aromatic carbocycles. The number of carbonyl (C=O) groups is 2. The van der Waals surface area contributed by atoms with Crippen molar-refractivity contribution in [1.29, 1.82) is 0 Å². The average Bonchev–Trinajstić information content (AvgIpc) is 2.35. The molecule has 0 aliphatic rings. The third-order valence-corrected chi connectivity index (χ3v) is 2.67. The molecule has 6 nitrogen and oxygen atoms in total. The van der Waals surface area contributed by atoms with Crippen molar-refractivity contribution in [2.75, 3.05) is 12.4 Å². The Hall–Kier alpha value is -2.08. The molecule has 0 aliphatic carbocycles. The molecule has 1 unspecified atom stereocenters. The number of aliphatic hydroxyl groups is 1. The molecule has 116 valence electrons. The molecule has 0 aliphatic heterocycles. The van der Waals surface area contributed by atoms with Crippen LogP contribution in [0, 0.1) is 0 Å². The molecular formula is C15H21NO5. The van der Waals surface area contributed by atoms with E-state index in [1.165, 1.54) is 20.1 Å². The van der Waals surface area contributed by atoms with Crippen molar-refractivity contribution in [3.63, 3.8) is 0 Å². The van der Waals surface area contributed by atoms with Crippen LogP contribution in [0.25, 0.3) is 0 Å². The lowest BCUT2D eigenvalue weighted by Gasteiger charge is -2.25. The Morgan fingerprint density at radius 2 is 1.71 bits per heavy atom. The van der Waals surface area contributed by atoms with Gasteiger partial charge in [0.1, 0.15) is 5.60 Å². The van der Waals surface area contributed by atoms with E-state index in [4.69, 9.17) is 4.74 Å². The fourth-order valence-electron chi connectivity index (χ4n) is 1.74. The highest BCUT2D eigenvalue weighted by atomic mass is 16.6. The van der Waals surface area contributed by atoms with Gasteiger partial charge in [-0.2, -0.15) is 0 Å². The molecule has 6 heteroatoms. The van der Waals surface area contributed by atoms with E-state index in [-0.39, 0.29) is 11.3 Å². The highest BCUT2D eigenvalue weighted by Crippen LogP contribution is 2.29. The lowest BCUT2D eigenvalue weighted by atomic mass is 9.94. The number of anilines is 1. The van der Waals surface area contributed by atoms with E-state index in [1.807, 2.05) is 0 Å². The van der Waals surface area contributed by atoms with Gasteiger partial charge in [-0.25, -0.2) is 9.59 Å². The second-order valence-electron chi connectivity index (χ2n) is 5.74. The fraction of sp³-hybridized carbons (Fsp3) is 0.467. The Bertz CT molecular complexity index is 531. The first kappa shape index (κ1) is 17.0. The summed E-state index contributed by atoms with van der Waals surface area (Å²) in [7, 11) is 1.18. The summed E-state index contributed by atoms with van der Waals surface area (Å²) in [6, 6.07) is 6.41. The van der Waals surface area contributed by atoms with Gasteiger partial charge in [0.2, 0.25) is 0 Å². The number of amides is 1. The van der Waals surface area contributed by atoms with Gasteiger partial charge in [0.15, 0.2) is 5.60 Å². The number of hydrogen-bond donors (Lipinski definition) is 2. The van der Waals surface area contributed by atoms with Gasteiger partial charge in [-0.1, -0.05) is 18.2 Å². The molecule has 1 aromatic rings. The van der Waals surface area contributed by atoms with Crippen LogP contribution in [0.3, 0.4) is 0 Å². The predicted octanol–water partition coefficient (Wildman–Crippen LogP) is 2.41. The van der Waals surface area contributed by atoms with Gasteiger partial charge in [0, 0.05) is 5.56 Å². The van der Waals surface area contributed by atoms with Gasteiger partial charge in [-0.05, 0) is 33.8 Å². The molecule has 1 atom stereocenters. The molecule has 1 amide bonds. The second-order valence-corrected chi connectivity index (χ2v) is 5.74. The van der Waals surface area contributed by atoms with Crippen molar-refractivity contribution < 1.29 is 24.2 Å². The fourth-order valence-corrected chi connectivity index (χ4v) is 1.74. The molecule has 21 heavy (non-hydrogen) atoms. The molecule has 0 bridgehead atoms. The van der Waals surface area contributed by atoms with Crippen molar-refractivity contribution in [2.45, 2.75) is 38.9 Å². The van der Waals surface area contributed by atoms with E-state index >= 15 is 0 Å². The van der Waals surface area contributed by atoms with E-state index in [0.29, 0.717) is 0 Å². The number of methoxy groups -OCH3 is 1. The van der Waals surface area contributed by atoms with Crippen LogP contribution in [0.4, 0.5) is 10.5 Å². The number of esters is 1. The lowest BCUT2D eigenvalue weighted by Crippen LogP contribution is -2.35. The van der Waals surface area contributed by atoms with Crippen molar-refractivity contribution in [2.24, 2.45) is 0 Å². The quantitative estimate of drug-likeness (QED) is 0.836. The zero-order valence-corrected chi connectivity index (χ0v) is 12.9. The van der Waals surface area contributed by atoms with Crippen molar-refractivity contribution in [3.8, 4) is 0 Å². The summed E-state index contributed by atoms with van der Waals surface area (Å²) in [6.07, 6.45) is -0.671.